The van der Waals surface area contributed by atoms with Gasteiger partial charge in [0, 0.05) is 11.5 Å². The van der Waals surface area contributed by atoms with Gasteiger partial charge in [-0.1, -0.05) is 52.0 Å². The molecule has 1 aromatic carbocycles. The highest BCUT2D eigenvalue weighted by atomic mass is 16.2. The van der Waals surface area contributed by atoms with Crippen molar-refractivity contribution in [3.05, 3.63) is 35.4 Å². The minimum Gasteiger partial charge on any atom is -0.351 e. The second kappa shape index (κ2) is 7.94. The van der Waals surface area contributed by atoms with E-state index in [1.54, 1.807) is 6.92 Å². The summed E-state index contributed by atoms with van der Waals surface area (Å²) >= 11 is 0. The standard InChI is InChI=1S/C17H27N3O2/c1-10(2)13-6-8-14(9-7-13)15(11(3)4)19-12(5)16(21)20-17(18)22/h6-12,15,19H,1-5H3,(H3,18,20,21,22)/p+1/t12-,15+/m0/s1. The SMILES string of the molecule is CC(C)c1ccc([C@H]([NH2+][C@@H](C)C(=O)NC(N)=O)C(C)C)cc1. The molecule has 0 aliphatic carbocycles. The van der Waals surface area contributed by atoms with Crippen LogP contribution < -0.4 is 16.4 Å². The Balaban J connectivity index is 2.85. The third-order valence-electron chi connectivity index (χ3n) is 3.86. The minimum absolute atomic E-state index is 0.148. The molecule has 0 radical (unpaired) electrons. The maximum absolute atomic E-state index is 11.8. The molecule has 0 spiro atoms. The van der Waals surface area contributed by atoms with Crippen molar-refractivity contribution in [3.63, 3.8) is 0 Å². The van der Waals surface area contributed by atoms with Crippen molar-refractivity contribution in [2.45, 2.75) is 52.6 Å². The zero-order chi connectivity index (χ0) is 16.9. The zero-order valence-corrected chi connectivity index (χ0v) is 14.1. The van der Waals surface area contributed by atoms with Crippen LogP contribution >= 0.6 is 0 Å². The topological polar surface area (TPSA) is 88.8 Å². The van der Waals surface area contributed by atoms with Gasteiger partial charge >= 0.3 is 6.03 Å². The van der Waals surface area contributed by atoms with Gasteiger partial charge in [0.25, 0.3) is 5.91 Å². The minimum atomic E-state index is -0.812. The average Bonchev–Trinajstić information content (AvgIpc) is 2.43. The van der Waals surface area contributed by atoms with Crippen LogP contribution in [0, 0.1) is 5.92 Å². The van der Waals surface area contributed by atoms with Crippen molar-refractivity contribution in [1.29, 1.82) is 0 Å². The molecule has 1 rings (SSSR count). The highest BCUT2D eigenvalue weighted by Gasteiger charge is 2.26. The zero-order valence-electron chi connectivity index (χ0n) is 14.1. The fourth-order valence-electron chi connectivity index (χ4n) is 2.46. The van der Waals surface area contributed by atoms with E-state index in [1.807, 2.05) is 5.32 Å². The summed E-state index contributed by atoms with van der Waals surface area (Å²) in [6.45, 7) is 10.3. The number of urea groups is 1. The van der Waals surface area contributed by atoms with E-state index in [0.29, 0.717) is 11.8 Å². The molecule has 0 aromatic heterocycles. The number of hydrogen-bond acceptors (Lipinski definition) is 2. The quantitative estimate of drug-likeness (QED) is 0.746. The molecule has 3 amide bonds. The van der Waals surface area contributed by atoms with Crippen molar-refractivity contribution in [1.82, 2.24) is 5.32 Å². The first-order valence-corrected chi connectivity index (χ1v) is 7.77. The summed E-state index contributed by atoms with van der Waals surface area (Å²) in [6.07, 6.45) is 0. The largest absolute Gasteiger partial charge is 0.351 e. The third-order valence-corrected chi connectivity index (χ3v) is 3.86. The molecule has 0 saturated heterocycles. The summed E-state index contributed by atoms with van der Waals surface area (Å²) in [5.74, 6) is 0.487. The predicted molar refractivity (Wildman–Crippen MR) is 87.2 cm³/mol. The molecule has 0 bridgehead atoms. The number of imide groups is 1. The van der Waals surface area contributed by atoms with Crippen molar-refractivity contribution in [3.8, 4) is 0 Å². The number of carbonyl (C=O) groups is 2. The molecule has 5 nitrogen and oxygen atoms in total. The van der Waals surface area contributed by atoms with Crippen LogP contribution in [0.25, 0.3) is 0 Å². The molecule has 122 valence electrons. The summed E-state index contributed by atoms with van der Waals surface area (Å²) in [4.78, 5) is 22.6. The summed E-state index contributed by atoms with van der Waals surface area (Å²) in [5, 5.41) is 4.11. The van der Waals surface area contributed by atoms with E-state index < -0.39 is 6.03 Å². The van der Waals surface area contributed by atoms with E-state index in [0.717, 1.165) is 0 Å². The molecule has 1 aromatic rings. The first-order valence-electron chi connectivity index (χ1n) is 7.77. The first kappa shape index (κ1) is 18.2. The fraction of sp³-hybridized carbons (Fsp3) is 0.529. The lowest BCUT2D eigenvalue weighted by Crippen LogP contribution is -2.93. The monoisotopic (exact) mass is 306 g/mol. The van der Waals surface area contributed by atoms with Crippen LogP contribution in [0.2, 0.25) is 0 Å². The molecule has 22 heavy (non-hydrogen) atoms. The molecule has 5 heteroatoms. The summed E-state index contributed by atoms with van der Waals surface area (Å²) < 4.78 is 0. The Morgan fingerprint density at radius 2 is 1.50 bits per heavy atom. The Kier molecular flexibility index (Phi) is 6.56. The van der Waals surface area contributed by atoms with Crippen LogP contribution in [-0.2, 0) is 4.79 Å². The molecule has 0 saturated carbocycles. The van der Waals surface area contributed by atoms with Gasteiger partial charge in [-0.2, -0.15) is 0 Å². The Morgan fingerprint density at radius 1 is 1.00 bits per heavy atom. The smallest absolute Gasteiger partial charge is 0.319 e. The number of hydrogen-bond donors (Lipinski definition) is 3. The van der Waals surface area contributed by atoms with Crippen LogP contribution in [0.4, 0.5) is 4.79 Å². The second-order valence-electron chi connectivity index (χ2n) is 6.43. The van der Waals surface area contributed by atoms with Crippen molar-refractivity contribution < 1.29 is 14.9 Å². The number of rotatable bonds is 6. The van der Waals surface area contributed by atoms with Gasteiger partial charge in [-0.05, 0) is 18.4 Å². The van der Waals surface area contributed by atoms with Gasteiger partial charge in [0.2, 0.25) is 0 Å². The summed E-state index contributed by atoms with van der Waals surface area (Å²) in [6, 6.07) is 7.46. The highest BCUT2D eigenvalue weighted by Crippen LogP contribution is 2.21. The number of carbonyl (C=O) groups excluding carboxylic acids is 2. The van der Waals surface area contributed by atoms with Crippen molar-refractivity contribution in [2.24, 2.45) is 11.7 Å². The van der Waals surface area contributed by atoms with Crippen molar-refractivity contribution >= 4 is 11.9 Å². The normalized spacial score (nSPS) is 14.0. The Morgan fingerprint density at radius 3 is 1.91 bits per heavy atom. The third kappa shape index (κ3) is 5.15. The number of nitrogens with one attached hydrogen (secondary N) is 1. The maximum atomic E-state index is 11.8. The first-order chi connectivity index (χ1) is 10.2. The Bertz CT molecular complexity index is 509. The lowest BCUT2D eigenvalue weighted by molar-refractivity contribution is -0.719. The fourth-order valence-corrected chi connectivity index (χ4v) is 2.46. The van der Waals surface area contributed by atoms with E-state index in [2.05, 4.69) is 57.3 Å². The van der Waals surface area contributed by atoms with Crippen LogP contribution in [0.3, 0.4) is 0 Å². The van der Waals surface area contributed by atoms with Gasteiger partial charge in [-0.25, -0.2) is 4.79 Å². The molecular weight excluding hydrogens is 278 g/mol. The van der Waals surface area contributed by atoms with E-state index in [1.165, 1.54) is 11.1 Å². The molecule has 2 atom stereocenters. The van der Waals surface area contributed by atoms with E-state index in [-0.39, 0.29) is 18.0 Å². The maximum Gasteiger partial charge on any atom is 0.319 e. The van der Waals surface area contributed by atoms with E-state index >= 15 is 0 Å². The van der Waals surface area contributed by atoms with Crippen molar-refractivity contribution in [2.75, 3.05) is 0 Å². The number of benzene rings is 1. The lowest BCUT2D eigenvalue weighted by Gasteiger charge is -2.23. The van der Waals surface area contributed by atoms with E-state index in [4.69, 9.17) is 5.73 Å². The molecule has 5 N–H and O–H groups in total. The number of nitrogens with two attached hydrogens (primary N) is 2. The van der Waals surface area contributed by atoms with Gasteiger partial charge in [0.15, 0.2) is 6.04 Å². The Hall–Kier alpha value is -1.88. The van der Waals surface area contributed by atoms with Gasteiger partial charge in [0.05, 0.1) is 0 Å². The second-order valence-corrected chi connectivity index (χ2v) is 6.43. The van der Waals surface area contributed by atoms with Gasteiger partial charge in [0.1, 0.15) is 6.04 Å². The molecule has 0 unspecified atom stereocenters. The highest BCUT2D eigenvalue weighted by molar-refractivity contribution is 5.95. The molecule has 0 aliphatic heterocycles. The molecule has 0 fully saturated rings. The lowest BCUT2D eigenvalue weighted by atomic mass is 9.93. The van der Waals surface area contributed by atoms with Gasteiger partial charge in [-0.3, -0.25) is 10.1 Å². The average molecular weight is 306 g/mol. The molecular formula is C17H28N3O2+. The van der Waals surface area contributed by atoms with Gasteiger partial charge in [-0.15, -0.1) is 0 Å². The Labute approximate surface area is 132 Å². The molecule has 0 heterocycles. The van der Waals surface area contributed by atoms with Crippen LogP contribution in [0.15, 0.2) is 24.3 Å². The van der Waals surface area contributed by atoms with E-state index in [9.17, 15) is 9.59 Å². The number of primary amides is 1. The summed E-state index contributed by atoms with van der Waals surface area (Å²) in [5.41, 5.74) is 7.47. The predicted octanol–water partition coefficient (Wildman–Crippen LogP) is 1.65. The number of amides is 3. The summed E-state index contributed by atoms with van der Waals surface area (Å²) in [7, 11) is 0. The number of quaternary nitrogens is 1. The van der Waals surface area contributed by atoms with Crippen LogP contribution in [0.5, 0.6) is 0 Å². The van der Waals surface area contributed by atoms with Crippen LogP contribution in [-0.4, -0.2) is 18.0 Å². The molecule has 0 aliphatic rings. The van der Waals surface area contributed by atoms with Crippen LogP contribution in [0.1, 0.15) is 57.7 Å². The van der Waals surface area contributed by atoms with Gasteiger partial charge < -0.3 is 11.1 Å².